The minimum atomic E-state index is 0.0580. The van der Waals surface area contributed by atoms with Gasteiger partial charge in [0.2, 0.25) is 0 Å². The highest BCUT2D eigenvalue weighted by molar-refractivity contribution is 7.10. The van der Waals surface area contributed by atoms with E-state index in [0.29, 0.717) is 11.5 Å². The van der Waals surface area contributed by atoms with E-state index in [0.717, 1.165) is 31.7 Å². The highest BCUT2D eigenvalue weighted by atomic mass is 32.1. The molecule has 0 aliphatic carbocycles. The van der Waals surface area contributed by atoms with Crippen molar-refractivity contribution in [2.24, 2.45) is 0 Å². The predicted molar refractivity (Wildman–Crippen MR) is 91.8 cm³/mol. The molecular weight excluding hydrogens is 312 g/mol. The van der Waals surface area contributed by atoms with Crippen LogP contribution in [-0.2, 0) is 0 Å². The zero-order valence-electron chi connectivity index (χ0n) is 13.4. The summed E-state index contributed by atoms with van der Waals surface area (Å²) < 4.78 is 11.1. The second kappa shape index (κ2) is 7.21. The van der Waals surface area contributed by atoms with E-state index in [1.807, 2.05) is 0 Å². The molecule has 1 fully saturated rings. The number of methoxy groups -OCH3 is 2. The lowest BCUT2D eigenvalue weighted by Gasteiger charge is -2.36. The van der Waals surface area contributed by atoms with Crippen LogP contribution in [0.1, 0.15) is 16.5 Å². The van der Waals surface area contributed by atoms with E-state index >= 15 is 0 Å². The van der Waals surface area contributed by atoms with E-state index in [4.69, 9.17) is 9.47 Å². The molecule has 3 rings (SSSR count). The molecule has 1 aliphatic rings. The second-order valence-electron chi connectivity index (χ2n) is 5.47. The normalized spacial score (nSPS) is 17.0. The molecule has 0 amide bonds. The Labute approximate surface area is 140 Å². The van der Waals surface area contributed by atoms with Gasteiger partial charge in [-0.3, -0.25) is 4.90 Å². The summed E-state index contributed by atoms with van der Waals surface area (Å²) in [5, 5.41) is 15.4. The molecule has 1 atom stereocenters. The van der Waals surface area contributed by atoms with Gasteiger partial charge >= 0.3 is 0 Å². The molecule has 0 bridgehead atoms. The molecular formula is C17H22N2O3S. The molecule has 124 valence electrons. The maximum absolute atomic E-state index is 9.92. The van der Waals surface area contributed by atoms with Crippen molar-refractivity contribution in [1.82, 2.24) is 10.2 Å². The summed E-state index contributed by atoms with van der Waals surface area (Å²) in [5.41, 5.74) is 0.970. The Morgan fingerprint density at radius 3 is 2.35 bits per heavy atom. The van der Waals surface area contributed by atoms with Gasteiger partial charge < -0.3 is 19.9 Å². The number of nitrogens with zero attached hydrogens (tertiary/aromatic N) is 1. The van der Waals surface area contributed by atoms with Crippen LogP contribution in [0.4, 0.5) is 0 Å². The number of thiophene rings is 1. The van der Waals surface area contributed by atoms with Gasteiger partial charge in [-0.15, -0.1) is 11.3 Å². The van der Waals surface area contributed by atoms with Crippen molar-refractivity contribution < 1.29 is 14.6 Å². The Kier molecular flexibility index (Phi) is 5.05. The number of piperazine rings is 1. The van der Waals surface area contributed by atoms with Gasteiger partial charge in [-0.05, 0) is 11.4 Å². The topological polar surface area (TPSA) is 54.0 Å². The minimum Gasteiger partial charge on any atom is -0.508 e. The molecule has 2 N–H and O–H groups in total. The molecule has 6 heteroatoms. The maximum atomic E-state index is 9.92. The van der Waals surface area contributed by atoms with Gasteiger partial charge in [0.25, 0.3) is 0 Å². The molecule has 0 radical (unpaired) electrons. The number of phenols is 1. The van der Waals surface area contributed by atoms with E-state index in [9.17, 15) is 5.11 Å². The van der Waals surface area contributed by atoms with Crippen LogP contribution < -0.4 is 14.8 Å². The molecule has 0 saturated carbocycles. The number of aromatic hydroxyl groups is 1. The monoisotopic (exact) mass is 334 g/mol. The van der Waals surface area contributed by atoms with Gasteiger partial charge in [0.05, 0.1) is 25.8 Å². The van der Waals surface area contributed by atoms with Crippen molar-refractivity contribution in [1.29, 1.82) is 0 Å². The van der Waals surface area contributed by atoms with Crippen molar-refractivity contribution in [3.63, 3.8) is 0 Å². The van der Waals surface area contributed by atoms with Crippen LogP contribution in [0.15, 0.2) is 29.6 Å². The third-order valence-electron chi connectivity index (χ3n) is 4.13. The fraction of sp³-hybridized carbons (Fsp3) is 0.412. The van der Waals surface area contributed by atoms with Crippen molar-refractivity contribution in [2.45, 2.75) is 6.04 Å². The predicted octanol–water partition coefficient (Wildman–Crippen LogP) is 2.47. The molecule has 1 aliphatic heterocycles. The summed E-state index contributed by atoms with van der Waals surface area (Å²) in [6, 6.07) is 7.57. The van der Waals surface area contributed by atoms with Crippen molar-refractivity contribution in [3.8, 4) is 17.2 Å². The summed E-state index contributed by atoms with van der Waals surface area (Å²) in [6.07, 6.45) is 0. The Morgan fingerprint density at radius 2 is 1.83 bits per heavy atom. The lowest BCUT2D eigenvalue weighted by molar-refractivity contribution is 0.194. The van der Waals surface area contributed by atoms with E-state index in [2.05, 4.69) is 27.7 Å². The fourth-order valence-electron chi connectivity index (χ4n) is 3.09. The minimum absolute atomic E-state index is 0.0580. The van der Waals surface area contributed by atoms with Crippen molar-refractivity contribution >= 4 is 11.3 Å². The molecule has 1 saturated heterocycles. The first kappa shape index (κ1) is 16.1. The zero-order valence-corrected chi connectivity index (χ0v) is 14.2. The summed E-state index contributed by atoms with van der Waals surface area (Å²) in [4.78, 5) is 3.67. The molecule has 5 nitrogen and oxygen atoms in total. The highest BCUT2D eigenvalue weighted by Gasteiger charge is 2.30. The molecule has 2 aromatic rings. The summed E-state index contributed by atoms with van der Waals surface area (Å²) in [5.74, 6) is 1.45. The molecule has 0 unspecified atom stereocenters. The van der Waals surface area contributed by atoms with E-state index in [1.54, 1.807) is 37.7 Å². The van der Waals surface area contributed by atoms with Crippen molar-refractivity contribution in [3.05, 3.63) is 40.1 Å². The van der Waals surface area contributed by atoms with E-state index in [-0.39, 0.29) is 11.8 Å². The van der Waals surface area contributed by atoms with Crippen LogP contribution in [0.2, 0.25) is 0 Å². The SMILES string of the molecule is COc1cc(O)cc(OC)c1[C@@H](c1cccs1)N1CCNCC1. The molecule has 1 aromatic carbocycles. The first-order valence-corrected chi connectivity index (χ1v) is 8.55. The first-order valence-electron chi connectivity index (χ1n) is 7.67. The number of nitrogens with one attached hydrogen (secondary N) is 1. The zero-order chi connectivity index (χ0) is 16.2. The number of ether oxygens (including phenoxy) is 2. The number of hydrogen-bond acceptors (Lipinski definition) is 6. The van der Waals surface area contributed by atoms with Gasteiger partial charge in [-0.1, -0.05) is 6.07 Å². The van der Waals surface area contributed by atoms with Crippen LogP contribution >= 0.6 is 11.3 Å². The summed E-state index contributed by atoms with van der Waals surface area (Å²) >= 11 is 1.73. The van der Waals surface area contributed by atoms with Crippen LogP contribution in [-0.4, -0.2) is 50.4 Å². The largest absolute Gasteiger partial charge is 0.508 e. The average Bonchev–Trinajstić information content (AvgIpc) is 3.11. The Bertz CT molecular complexity index is 614. The molecule has 0 spiro atoms. The Balaban J connectivity index is 2.12. The van der Waals surface area contributed by atoms with Crippen LogP contribution in [0.25, 0.3) is 0 Å². The average molecular weight is 334 g/mol. The molecule has 2 heterocycles. The van der Waals surface area contributed by atoms with Crippen LogP contribution in [0, 0.1) is 0 Å². The van der Waals surface area contributed by atoms with Gasteiger partial charge in [0, 0.05) is 43.2 Å². The third kappa shape index (κ3) is 3.29. The third-order valence-corrected chi connectivity index (χ3v) is 5.06. The summed E-state index contributed by atoms with van der Waals surface area (Å²) in [6.45, 7) is 3.83. The lowest BCUT2D eigenvalue weighted by Crippen LogP contribution is -2.45. The molecule has 1 aromatic heterocycles. The van der Waals surface area contributed by atoms with E-state index < -0.39 is 0 Å². The number of hydrogen-bond donors (Lipinski definition) is 2. The van der Waals surface area contributed by atoms with Gasteiger partial charge in [-0.25, -0.2) is 0 Å². The Morgan fingerprint density at radius 1 is 1.17 bits per heavy atom. The second-order valence-corrected chi connectivity index (χ2v) is 6.45. The highest BCUT2D eigenvalue weighted by Crippen LogP contribution is 2.44. The number of rotatable bonds is 5. The van der Waals surface area contributed by atoms with E-state index in [1.165, 1.54) is 4.88 Å². The van der Waals surface area contributed by atoms with Gasteiger partial charge in [0.1, 0.15) is 17.2 Å². The van der Waals surface area contributed by atoms with Gasteiger partial charge in [0.15, 0.2) is 0 Å². The summed E-state index contributed by atoms with van der Waals surface area (Å²) in [7, 11) is 3.25. The fourth-order valence-corrected chi connectivity index (χ4v) is 3.95. The van der Waals surface area contributed by atoms with Gasteiger partial charge in [-0.2, -0.15) is 0 Å². The van der Waals surface area contributed by atoms with Crippen LogP contribution in [0.3, 0.4) is 0 Å². The maximum Gasteiger partial charge on any atom is 0.131 e. The van der Waals surface area contributed by atoms with Crippen molar-refractivity contribution in [2.75, 3.05) is 40.4 Å². The first-order chi connectivity index (χ1) is 11.2. The molecule has 23 heavy (non-hydrogen) atoms. The standard InChI is InChI=1S/C17H22N2O3S/c1-21-13-10-12(20)11-14(22-2)16(13)17(15-4-3-9-23-15)19-7-5-18-6-8-19/h3-4,9-11,17-18,20H,5-8H2,1-2H3/t17-/m1/s1. The Hall–Kier alpha value is -1.76. The quantitative estimate of drug-likeness (QED) is 0.880. The lowest BCUT2D eigenvalue weighted by atomic mass is 10.00. The van der Waals surface area contributed by atoms with Crippen LogP contribution in [0.5, 0.6) is 17.2 Å². The smallest absolute Gasteiger partial charge is 0.131 e. The number of benzene rings is 1. The number of phenolic OH excluding ortho intramolecular Hbond substituents is 1.